The number of amides is 1. The molecule has 9 heteroatoms. The normalized spacial score (nSPS) is 14.3. The van der Waals surface area contributed by atoms with Crippen molar-refractivity contribution in [1.82, 2.24) is 10.2 Å². The van der Waals surface area contributed by atoms with Gasteiger partial charge in [-0.3, -0.25) is 9.79 Å². The van der Waals surface area contributed by atoms with E-state index in [-0.39, 0.29) is 42.1 Å². The average molecular weight is 546 g/mol. The first-order chi connectivity index (χ1) is 14.0. The van der Waals surface area contributed by atoms with Crippen LogP contribution in [-0.4, -0.2) is 56.0 Å². The van der Waals surface area contributed by atoms with Gasteiger partial charge in [0.1, 0.15) is 5.82 Å². The van der Waals surface area contributed by atoms with Crippen molar-refractivity contribution in [3.63, 3.8) is 0 Å². The van der Waals surface area contributed by atoms with Gasteiger partial charge in [0, 0.05) is 43.4 Å². The van der Waals surface area contributed by atoms with Crippen molar-refractivity contribution < 1.29 is 9.18 Å². The maximum Gasteiger partial charge on any atom is 0.224 e. The lowest BCUT2D eigenvalue weighted by Gasteiger charge is -2.36. The number of hydrogen-bond acceptors (Lipinski definition) is 3. The van der Waals surface area contributed by atoms with Gasteiger partial charge in [0.05, 0.1) is 13.0 Å². The fraction of sp³-hybridized carbons (Fsp3) is 0.333. The molecule has 6 nitrogen and oxygen atoms in total. The number of rotatable bonds is 6. The van der Waals surface area contributed by atoms with Gasteiger partial charge in [-0.05, 0) is 42.0 Å². The summed E-state index contributed by atoms with van der Waals surface area (Å²) in [5, 5.41) is 3.51. The van der Waals surface area contributed by atoms with E-state index in [1.807, 2.05) is 29.2 Å². The van der Waals surface area contributed by atoms with Gasteiger partial charge < -0.3 is 20.9 Å². The Morgan fingerprint density at radius 3 is 2.50 bits per heavy atom. The molecule has 0 spiro atoms. The smallest absolute Gasteiger partial charge is 0.224 e. The van der Waals surface area contributed by atoms with E-state index in [4.69, 9.17) is 17.3 Å². The van der Waals surface area contributed by atoms with Crippen LogP contribution < -0.4 is 16.0 Å². The van der Waals surface area contributed by atoms with Crippen molar-refractivity contribution in [3.8, 4) is 0 Å². The average Bonchev–Trinajstić information content (AvgIpc) is 2.72. The van der Waals surface area contributed by atoms with Crippen LogP contribution in [0.4, 0.5) is 10.1 Å². The SMILES string of the molecule is I.NC(=NCCNC(=O)Cc1cccc(F)c1)N1CCN(c2ccc(Cl)cc2)CC1. The number of nitrogens with two attached hydrogens (primary N) is 1. The van der Waals surface area contributed by atoms with E-state index in [0.717, 1.165) is 36.9 Å². The highest BCUT2D eigenvalue weighted by Crippen LogP contribution is 2.19. The number of hydrogen-bond donors (Lipinski definition) is 2. The quantitative estimate of drug-likeness (QED) is 0.253. The summed E-state index contributed by atoms with van der Waals surface area (Å²) < 4.78 is 13.2. The summed E-state index contributed by atoms with van der Waals surface area (Å²) in [5.74, 6) is -0.0232. The highest BCUT2D eigenvalue weighted by atomic mass is 127. The largest absolute Gasteiger partial charge is 0.370 e. The third-order valence-corrected chi connectivity index (χ3v) is 5.01. The number of guanidine groups is 1. The lowest BCUT2D eigenvalue weighted by molar-refractivity contribution is -0.120. The number of benzene rings is 2. The summed E-state index contributed by atoms with van der Waals surface area (Å²) in [7, 11) is 0. The van der Waals surface area contributed by atoms with E-state index in [1.165, 1.54) is 12.1 Å². The Kier molecular flexibility index (Phi) is 9.64. The van der Waals surface area contributed by atoms with Crippen molar-refractivity contribution in [2.75, 3.05) is 44.2 Å². The van der Waals surface area contributed by atoms with Crippen LogP contribution in [0, 0.1) is 5.82 Å². The van der Waals surface area contributed by atoms with E-state index in [2.05, 4.69) is 15.2 Å². The topological polar surface area (TPSA) is 74.0 Å². The molecule has 2 aromatic carbocycles. The van der Waals surface area contributed by atoms with E-state index >= 15 is 0 Å². The zero-order valence-corrected chi connectivity index (χ0v) is 19.6. The molecule has 0 aliphatic carbocycles. The number of carbonyl (C=O) groups excluding carboxylic acids is 1. The van der Waals surface area contributed by atoms with Crippen molar-refractivity contribution in [2.45, 2.75) is 6.42 Å². The van der Waals surface area contributed by atoms with Crippen LogP contribution >= 0.6 is 35.6 Å². The summed E-state index contributed by atoms with van der Waals surface area (Å²) in [4.78, 5) is 20.6. The molecular weight excluding hydrogens is 520 g/mol. The Morgan fingerprint density at radius 2 is 1.83 bits per heavy atom. The van der Waals surface area contributed by atoms with Crippen LogP contribution in [0.15, 0.2) is 53.5 Å². The molecule has 1 aliphatic heterocycles. The van der Waals surface area contributed by atoms with E-state index < -0.39 is 0 Å². The number of carbonyl (C=O) groups is 1. The summed E-state index contributed by atoms with van der Waals surface area (Å²) in [6, 6.07) is 13.8. The molecule has 3 N–H and O–H groups in total. The Hall–Kier alpha value is -2.07. The van der Waals surface area contributed by atoms with Gasteiger partial charge in [-0.2, -0.15) is 0 Å². The summed E-state index contributed by atoms with van der Waals surface area (Å²) in [6.45, 7) is 4.05. The van der Waals surface area contributed by atoms with Crippen molar-refractivity contribution in [3.05, 3.63) is 64.9 Å². The predicted molar refractivity (Wildman–Crippen MR) is 130 cm³/mol. The molecule has 0 bridgehead atoms. The zero-order chi connectivity index (χ0) is 20.6. The molecule has 1 aliphatic rings. The Bertz CT molecular complexity index is 857. The van der Waals surface area contributed by atoms with Crippen molar-refractivity contribution >= 4 is 53.1 Å². The predicted octanol–water partition coefficient (Wildman–Crippen LogP) is 2.89. The molecule has 0 atom stereocenters. The molecule has 0 radical (unpaired) electrons. The lowest BCUT2D eigenvalue weighted by Crippen LogP contribution is -2.51. The van der Waals surface area contributed by atoms with Gasteiger partial charge in [0.15, 0.2) is 5.96 Å². The van der Waals surface area contributed by atoms with Gasteiger partial charge in [0.2, 0.25) is 5.91 Å². The number of piperazine rings is 1. The molecule has 162 valence electrons. The standard InChI is InChI=1S/C21H25ClFN5O.HI/c22-17-4-6-19(7-5-17)27-10-12-28(13-11-27)21(24)26-9-8-25-20(29)15-16-2-1-3-18(23)14-16;/h1-7,14H,8-13,15H2,(H2,24,26)(H,25,29);1H. The molecule has 1 amide bonds. The maximum absolute atomic E-state index is 13.2. The minimum atomic E-state index is -0.344. The zero-order valence-electron chi connectivity index (χ0n) is 16.6. The molecular formula is C21H26ClFIN5O. The molecule has 1 fully saturated rings. The van der Waals surface area contributed by atoms with Gasteiger partial charge in [-0.15, -0.1) is 24.0 Å². The second-order valence-electron chi connectivity index (χ2n) is 6.85. The summed E-state index contributed by atoms with van der Waals surface area (Å²) >= 11 is 5.94. The molecule has 0 aromatic heterocycles. The first-order valence-corrected chi connectivity index (χ1v) is 9.95. The number of nitrogens with zero attached hydrogens (tertiary/aromatic N) is 3. The molecule has 0 saturated carbocycles. The molecule has 2 aromatic rings. The number of nitrogens with one attached hydrogen (secondary N) is 1. The summed E-state index contributed by atoms with van der Waals surface area (Å²) in [6.07, 6.45) is 0.142. The molecule has 3 rings (SSSR count). The molecule has 30 heavy (non-hydrogen) atoms. The molecule has 0 unspecified atom stereocenters. The molecule has 1 saturated heterocycles. The Morgan fingerprint density at radius 1 is 1.13 bits per heavy atom. The number of anilines is 1. The van der Waals surface area contributed by atoms with Crippen LogP contribution in [0.2, 0.25) is 5.02 Å². The maximum atomic E-state index is 13.2. The molecule has 1 heterocycles. The Labute approximate surface area is 198 Å². The third kappa shape index (κ3) is 7.32. The summed E-state index contributed by atoms with van der Waals surface area (Å²) in [5.41, 5.74) is 7.88. The van der Waals surface area contributed by atoms with Crippen LogP contribution in [0.25, 0.3) is 0 Å². The second kappa shape index (κ2) is 11.9. The monoisotopic (exact) mass is 545 g/mol. The van der Waals surface area contributed by atoms with Crippen molar-refractivity contribution in [1.29, 1.82) is 0 Å². The van der Waals surface area contributed by atoms with E-state index in [9.17, 15) is 9.18 Å². The fourth-order valence-electron chi connectivity index (χ4n) is 3.21. The van der Waals surface area contributed by atoms with E-state index in [0.29, 0.717) is 24.6 Å². The van der Waals surface area contributed by atoms with Crippen LogP contribution in [0.5, 0.6) is 0 Å². The van der Waals surface area contributed by atoms with Crippen LogP contribution in [0.1, 0.15) is 5.56 Å². The number of halogens is 3. The Balaban J connectivity index is 0.00000320. The van der Waals surface area contributed by atoms with Crippen LogP contribution in [0.3, 0.4) is 0 Å². The third-order valence-electron chi connectivity index (χ3n) is 4.76. The minimum absolute atomic E-state index is 0. The highest BCUT2D eigenvalue weighted by molar-refractivity contribution is 14.0. The van der Waals surface area contributed by atoms with Crippen molar-refractivity contribution in [2.24, 2.45) is 10.7 Å². The van der Waals surface area contributed by atoms with Crippen LogP contribution in [-0.2, 0) is 11.2 Å². The number of aliphatic imine (C=N–C) groups is 1. The lowest BCUT2D eigenvalue weighted by atomic mass is 10.1. The van der Waals surface area contributed by atoms with Gasteiger partial charge in [0.25, 0.3) is 0 Å². The highest BCUT2D eigenvalue weighted by Gasteiger charge is 2.18. The van der Waals surface area contributed by atoms with Gasteiger partial charge in [-0.25, -0.2) is 4.39 Å². The minimum Gasteiger partial charge on any atom is -0.370 e. The first-order valence-electron chi connectivity index (χ1n) is 9.58. The van der Waals surface area contributed by atoms with Gasteiger partial charge in [-0.1, -0.05) is 23.7 Å². The second-order valence-corrected chi connectivity index (χ2v) is 7.28. The fourth-order valence-corrected chi connectivity index (χ4v) is 3.33. The van der Waals surface area contributed by atoms with E-state index in [1.54, 1.807) is 12.1 Å². The van der Waals surface area contributed by atoms with Gasteiger partial charge >= 0.3 is 0 Å². The first kappa shape index (κ1) is 24.2.